The summed E-state index contributed by atoms with van der Waals surface area (Å²) in [6.07, 6.45) is 0. The maximum atomic E-state index is 11.2. The third-order valence-corrected chi connectivity index (χ3v) is 5.06. The summed E-state index contributed by atoms with van der Waals surface area (Å²) in [5.74, 6) is -1.58. The van der Waals surface area contributed by atoms with Crippen LogP contribution in [0.15, 0.2) is 28.0 Å². The fraction of sp³-hybridized carbons (Fsp3) is 0.111. The molecule has 0 fully saturated rings. The van der Waals surface area contributed by atoms with Gasteiger partial charge in [-0.3, -0.25) is 13.9 Å². The quantitative estimate of drug-likeness (QED) is 0.416. The fourth-order valence-corrected chi connectivity index (χ4v) is 3.12. The van der Waals surface area contributed by atoms with Crippen LogP contribution in [0.4, 0.5) is 5.69 Å². The van der Waals surface area contributed by atoms with Crippen LogP contribution >= 0.6 is 24.0 Å². The third kappa shape index (κ3) is 5.51. The van der Waals surface area contributed by atoms with E-state index in [-0.39, 0.29) is 4.32 Å². The van der Waals surface area contributed by atoms with E-state index >= 15 is 0 Å². The monoisotopic (exact) mass is 387 g/mol. The van der Waals surface area contributed by atoms with Crippen molar-refractivity contribution in [3.05, 3.63) is 18.2 Å². The molecule has 0 radical (unpaired) electrons. The lowest BCUT2D eigenvalue weighted by Gasteiger charge is -2.11. The Hall–Kier alpha value is -1.25. The van der Waals surface area contributed by atoms with Gasteiger partial charge in [0.05, 0.1) is 16.3 Å². The summed E-state index contributed by atoms with van der Waals surface area (Å²) in [6, 6.07) is 2.27. The highest BCUT2D eigenvalue weighted by molar-refractivity contribution is 8.23. The molecule has 0 amide bonds. The van der Waals surface area contributed by atoms with Gasteiger partial charge in [0.15, 0.2) is 0 Å². The number of rotatable bonds is 5. The van der Waals surface area contributed by atoms with Crippen LogP contribution in [0.5, 0.6) is 0 Å². The molecule has 22 heavy (non-hydrogen) atoms. The second kappa shape index (κ2) is 6.89. The van der Waals surface area contributed by atoms with E-state index in [1.165, 1.54) is 0 Å². The van der Waals surface area contributed by atoms with Crippen molar-refractivity contribution in [3.63, 3.8) is 0 Å². The van der Waals surface area contributed by atoms with E-state index in [9.17, 15) is 21.6 Å². The van der Waals surface area contributed by atoms with E-state index in [2.05, 4.69) is 5.32 Å². The van der Waals surface area contributed by atoms with Gasteiger partial charge in [-0.05, 0) is 18.2 Å². The zero-order valence-electron chi connectivity index (χ0n) is 10.5. The molecule has 0 saturated carbocycles. The Labute approximate surface area is 135 Å². The highest BCUT2D eigenvalue weighted by atomic mass is 32.2. The van der Waals surface area contributed by atoms with Gasteiger partial charge in [-0.25, -0.2) is 0 Å². The van der Waals surface area contributed by atoms with Crippen LogP contribution in [0.3, 0.4) is 0 Å². The molecule has 0 heterocycles. The van der Waals surface area contributed by atoms with E-state index in [0.29, 0.717) is 11.8 Å². The number of nitrogens with one attached hydrogen (secondary N) is 1. The van der Waals surface area contributed by atoms with Crippen molar-refractivity contribution < 1.29 is 35.8 Å². The van der Waals surface area contributed by atoms with Gasteiger partial charge >= 0.3 is 5.97 Å². The number of carboxylic acid groups (broad SMARTS) is 1. The number of hydrogen-bond donors (Lipinski definition) is 4. The van der Waals surface area contributed by atoms with Crippen LogP contribution in [0.25, 0.3) is 0 Å². The summed E-state index contributed by atoms with van der Waals surface area (Å²) in [6.45, 7) is 0. The molecule has 0 bridgehead atoms. The van der Waals surface area contributed by atoms with Crippen molar-refractivity contribution >= 4 is 60.2 Å². The van der Waals surface area contributed by atoms with E-state index in [0.717, 1.165) is 18.2 Å². The second-order valence-electron chi connectivity index (χ2n) is 3.70. The Morgan fingerprint density at radius 1 is 1.18 bits per heavy atom. The number of hydrogen-bond acceptors (Lipinski definition) is 7. The SMILES string of the molecule is O=C(O)CSC(=S)Nc1cc(S(=O)(=O)O)ccc1S(=O)(=O)O. The first-order valence-corrected chi connectivity index (χ1v) is 9.43. The molecule has 0 aliphatic carbocycles. The van der Waals surface area contributed by atoms with Crippen molar-refractivity contribution in [2.45, 2.75) is 9.79 Å². The molecule has 1 aromatic rings. The molecule has 0 atom stereocenters. The number of thioether (sulfide) groups is 1. The van der Waals surface area contributed by atoms with Gasteiger partial charge in [0.25, 0.3) is 20.2 Å². The van der Waals surface area contributed by atoms with E-state index in [1.54, 1.807) is 0 Å². The molecule has 4 N–H and O–H groups in total. The third-order valence-electron chi connectivity index (χ3n) is 2.09. The Bertz CT molecular complexity index is 814. The first kappa shape index (κ1) is 18.8. The molecule has 0 aromatic heterocycles. The first-order chi connectivity index (χ1) is 9.91. The standard InChI is InChI=1S/C9H9NO8S4/c11-8(12)4-20-9(19)10-6-3-5(21(13,14)15)1-2-7(6)22(16,17)18/h1-3H,4H2,(H,10,19)(H,11,12)(H,13,14,15)(H,16,17,18). The smallest absolute Gasteiger partial charge is 0.313 e. The number of benzene rings is 1. The molecule has 9 nitrogen and oxygen atoms in total. The summed E-state index contributed by atoms with van der Waals surface area (Å²) in [7, 11) is -9.31. The van der Waals surface area contributed by atoms with Crippen molar-refractivity contribution in [2.24, 2.45) is 0 Å². The van der Waals surface area contributed by atoms with Gasteiger partial charge in [-0.2, -0.15) is 16.8 Å². The molecular formula is C9H9NO8S4. The molecule has 1 rings (SSSR count). The highest BCUT2D eigenvalue weighted by Gasteiger charge is 2.20. The summed E-state index contributed by atoms with van der Waals surface area (Å²) in [5, 5.41) is 10.8. The van der Waals surface area contributed by atoms with Gasteiger partial charge in [0, 0.05) is 0 Å². The summed E-state index contributed by atoms with van der Waals surface area (Å²) in [4.78, 5) is 9.10. The lowest BCUT2D eigenvalue weighted by molar-refractivity contribution is -0.133. The molecule has 0 spiro atoms. The van der Waals surface area contributed by atoms with E-state index in [4.69, 9.17) is 26.4 Å². The topological polar surface area (TPSA) is 158 Å². The fourth-order valence-electron chi connectivity index (χ4n) is 1.27. The largest absolute Gasteiger partial charge is 0.481 e. The van der Waals surface area contributed by atoms with Crippen LogP contribution in [-0.2, 0) is 25.0 Å². The molecule has 13 heteroatoms. The number of aliphatic carboxylic acids is 1. The number of carbonyl (C=O) groups is 1. The Balaban J connectivity index is 3.24. The summed E-state index contributed by atoms with van der Waals surface area (Å²) in [5.41, 5.74) is -0.416. The lowest BCUT2D eigenvalue weighted by Crippen LogP contribution is -2.13. The van der Waals surface area contributed by atoms with Crippen LogP contribution in [0.1, 0.15) is 0 Å². The molecule has 0 unspecified atom stereocenters. The normalized spacial score (nSPS) is 11.9. The lowest BCUT2D eigenvalue weighted by atomic mass is 10.3. The van der Waals surface area contributed by atoms with Gasteiger partial charge in [0.2, 0.25) is 0 Å². The summed E-state index contributed by atoms with van der Waals surface area (Å²) >= 11 is 5.42. The molecule has 0 aliphatic rings. The Kier molecular flexibility index (Phi) is 5.89. The van der Waals surface area contributed by atoms with Crippen LogP contribution in [0.2, 0.25) is 0 Å². The molecule has 1 aromatic carbocycles. The molecule has 0 saturated heterocycles. The Morgan fingerprint density at radius 3 is 2.23 bits per heavy atom. The molecular weight excluding hydrogens is 378 g/mol. The van der Waals surface area contributed by atoms with E-state index in [1.807, 2.05) is 0 Å². The van der Waals surface area contributed by atoms with Crippen LogP contribution in [-0.4, -0.2) is 47.1 Å². The van der Waals surface area contributed by atoms with Crippen molar-refractivity contribution in [1.82, 2.24) is 0 Å². The predicted molar refractivity (Wildman–Crippen MR) is 82.4 cm³/mol. The minimum Gasteiger partial charge on any atom is -0.481 e. The van der Waals surface area contributed by atoms with Gasteiger partial charge in [-0.1, -0.05) is 24.0 Å². The van der Waals surface area contributed by atoms with Crippen LogP contribution in [0, 0.1) is 0 Å². The maximum absolute atomic E-state index is 11.2. The van der Waals surface area contributed by atoms with Gasteiger partial charge < -0.3 is 10.4 Å². The van der Waals surface area contributed by atoms with Crippen molar-refractivity contribution in [2.75, 3.05) is 11.1 Å². The van der Waals surface area contributed by atoms with Crippen molar-refractivity contribution in [3.8, 4) is 0 Å². The van der Waals surface area contributed by atoms with Gasteiger partial charge in [-0.15, -0.1) is 0 Å². The Morgan fingerprint density at radius 2 is 1.77 bits per heavy atom. The molecule has 122 valence electrons. The minimum atomic E-state index is -4.70. The number of carboxylic acids is 1. The summed E-state index contributed by atoms with van der Waals surface area (Å²) < 4.78 is 62.4. The average Bonchev–Trinajstić information content (AvgIpc) is 2.33. The molecule has 0 aliphatic heterocycles. The number of anilines is 1. The highest BCUT2D eigenvalue weighted by Crippen LogP contribution is 2.26. The first-order valence-electron chi connectivity index (χ1n) is 5.16. The maximum Gasteiger partial charge on any atom is 0.313 e. The second-order valence-corrected chi connectivity index (χ2v) is 8.17. The zero-order chi connectivity index (χ0) is 17.1. The minimum absolute atomic E-state index is 0.167. The number of thiocarbonyl (C=S) groups is 1. The van der Waals surface area contributed by atoms with Gasteiger partial charge in [0.1, 0.15) is 9.22 Å². The van der Waals surface area contributed by atoms with Crippen LogP contribution < -0.4 is 5.32 Å². The van der Waals surface area contributed by atoms with Crippen molar-refractivity contribution in [1.29, 1.82) is 0 Å². The predicted octanol–water partition coefficient (Wildman–Crippen LogP) is 0.695. The average molecular weight is 387 g/mol. The van der Waals surface area contributed by atoms with E-state index < -0.39 is 47.4 Å². The zero-order valence-corrected chi connectivity index (χ0v) is 13.7.